The van der Waals surface area contributed by atoms with Crippen LogP contribution in [0.4, 0.5) is 0 Å². The van der Waals surface area contributed by atoms with Crippen molar-refractivity contribution in [2.45, 2.75) is 38.1 Å². The van der Waals surface area contributed by atoms with Crippen LogP contribution in [-0.2, 0) is 50.3 Å². The first-order chi connectivity index (χ1) is 24.3. The summed E-state index contributed by atoms with van der Waals surface area (Å²) in [4.78, 5) is 39.6. The number of hydrogen-bond donors (Lipinski definition) is 2. The molecule has 0 bridgehead atoms. The molecule has 5 aromatic carbocycles. The summed E-state index contributed by atoms with van der Waals surface area (Å²) in [7, 11) is 0. The van der Waals surface area contributed by atoms with Crippen molar-refractivity contribution < 1.29 is 43.5 Å². The molecule has 0 radical (unpaired) electrons. The summed E-state index contributed by atoms with van der Waals surface area (Å²) < 4.78 is 23.7. The van der Waals surface area contributed by atoms with Crippen molar-refractivity contribution in [1.82, 2.24) is 0 Å². The lowest BCUT2D eigenvalue weighted by Gasteiger charge is -2.32. The van der Waals surface area contributed by atoms with Gasteiger partial charge in [0.15, 0.2) is 11.5 Å². The van der Waals surface area contributed by atoms with Crippen LogP contribution < -0.4 is 9.47 Å². The molecule has 0 saturated carbocycles. The number of carbonyl (C=O) groups excluding carboxylic acids is 1. The van der Waals surface area contributed by atoms with Gasteiger partial charge in [-0.1, -0.05) is 133 Å². The van der Waals surface area contributed by atoms with E-state index in [2.05, 4.69) is 0 Å². The van der Waals surface area contributed by atoms with Crippen molar-refractivity contribution in [3.63, 3.8) is 0 Å². The second-order valence-electron chi connectivity index (χ2n) is 11.3. The van der Waals surface area contributed by atoms with Gasteiger partial charge in [0.2, 0.25) is 11.9 Å². The third kappa shape index (κ3) is 9.31. The fourth-order valence-electron chi connectivity index (χ4n) is 5.07. The van der Waals surface area contributed by atoms with Gasteiger partial charge in [-0.2, -0.15) is 0 Å². The summed E-state index contributed by atoms with van der Waals surface area (Å²) >= 11 is 0. The van der Waals surface area contributed by atoms with Crippen molar-refractivity contribution in [3.8, 4) is 11.5 Å². The molecule has 9 nitrogen and oxygen atoms in total. The van der Waals surface area contributed by atoms with Crippen LogP contribution >= 0.6 is 0 Å². The molecule has 50 heavy (non-hydrogen) atoms. The Kier molecular flexibility index (Phi) is 12.3. The molecule has 0 fully saturated rings. The van der Waals surface area contributed by atoms with Gasteiger partial charge >= 0.3 is 11.9 Å². The zero-order valence-electron chi connectivity index (χ0n) is 27.1. The number of carboxylic acid groups (broad SMARTS) is 2. The largest absolute Gasteiger partial charge is 0.485 e. The smallest absolute Gasteiger partial charge is 0.347 e. The molecule has 2 unspecified atom stereocenters. The average molecular weight is 673 g/mol. The van der Waals surface area contributed by atoms with E-state index in [0.29, 0.717) is 28.2 Å². The summed E-state index contributed by atoms with van der Waals surface area (Å²) in [5.74, 6) is -3.76. The number of hydrogen-bond acceptors (Lipinski definition) is 7. The SMILES string of the molecule is O=C(O)C(OCc1ccccc1)C(OCc1ccccc1)(C(=O)O)C(=O)C=Cc1ccc(OCc2ccccc2)c(OCc2ccccc2)c1. The number of carboxylic acids is 2. The molecular formula is C41H36O9. The van der Waals surface area contributed by atoms with Gasteiger partial charge in [0, 0.05) is 0 Å². The minimum Gasteiger partial charge on any atom is -0.485 e. The van der Waals surface area contributed by atoms with E-state index in [-0.39, 0.29) is 26.4 Å². The molecule has 5 rings (SSSR count). The molecule has 0 spiro atoms. The Morgan fingerprint density at radius 1 is 0.580 bits per heavy atom. The van der Waals surface area contributed by atoms with Crippen molar-refractivity contribution in [3.05, 3.63) is 173 Å². The van der Waals surface area contributed by atoms with Crippen LogP contribution in [0.15, 0.2) is 146 Å². The third-order valence-corrected chi connectivity index (χ3v) is 7.72. The van der Waals surface area contributed by atoms with Gasteiger partial charge in [0.05, 0.1) is 13.2 Å². The van der Waals surface area contributed by atoms with Crippen molar-refractivity contribution in [2.75, 3.05) is 0 Å². The predicted molar refractivity (Wildman–Crippen MR) is 186 cm³/mol. The Morgan fingerprint density at radius 2 is 1.04 bits per heavy atom. The highest BCUT2D eigenvalue weighted by atomic mass is 16.6. The number of ether oxygens (including phenoxy) is 4. The molecule has 0 heterocycles. The number of ketones is 1. The Hall–Kier alpha value is -6.03. The van der Waals surface area contributed by atoms with Crippen LogP contribution in [0.5, 0.6) is 11.5 Å². The molecule has 2 N–H and O–H groups in total. The van der Waals surface area contributed by atoms with Gasteiger partial charge in [0.1, 0.15) is 13.2 Å². The van der Waals surface area contributed by atoms with E-state index < -0.39 is 29.4 Å². The van der Waals surface area contributed by atoms with Crippen LogP contribution in [0.2, 0.25) is 0 Å². The Bertz CT molecular complexity index is 1880. The molecule has 0 aliphatic carbocycles. The van der Waals surface area contributed by atoms with Crippen LogP contribution in [-0.4, -0.2) is 39.6 Å². The molecule has 0 saturated heterocycles. The average Bonchev–Trinajstić information content (AvgIpc) is 3.15. The lowest BCUT2D eigenvalue weighted by molar-refractivity contribution is -0.203. The van der Waals surface area contributed by atoms with Gasteiger partial charge in [-0.25, -0.2) is 9.59 Å². The highest BCUT2D eigenvalue weighted by Gasteiger charge is 2.57. The zero-order chi connectivity index (χ0) is 35.2. The predicted octanol–water partition coefficient (Wildman–Crippen LogP) is 7.14. The standard InChI is InChI=1S/C41H36O9/c42-37(41(40(45)46,50-29-34-19-11-4-12-20-34)38(39(43)44)49-28-33-17-9-3-10-18-33)24-22-30-21-23-35(47-26-31-13-5-1-6-14-31)36(25-30)48-27-32-15-7-2-8-16-32/h1-25,38H,26-29H2,(H,43,44)(H,45,46). The van der Waals surface area contributed by atoms with Crippen LogP contribution in [0.3, 0.4) is 0 Å². The van der Waals surface area contributed by atoms with Gasteiger partial charge in [0.25, 0.3) is 5.60 Å². The molecular weight excluding hydrogens is 636 g/mol. The maximum absolute atomic E-state index is 14.0. The zero-order valence-corrected chi connectivity index (χ0v) is 27.1. The summed E-state index contributed by atoms with van der Waals surface area (Å²) in [5, 5.41) is 20.8. The Morgan fingerprint density at radius 3 is 1.52 bits per heavy atom. The number of aliphatic carboxylic acids is 2. The first kappa shape index (κ1) is 35.3. The maximum Gasteiger partial charge on any atom is 0.347 e. The van der Waals surface area contributed by atoms with E-state index in [1.807, 2.05) is 60.7 Å². The summed E-state index contributed by atoms with van der Waals surface area (Å²) in [6.45, 7) is -0.111. The van der Waals surface area contributed by atoms with E-state index in [1.165, 1.54) is 6.08 Å². The molecule has 9 heteroatoms. The topological polar surface area (TPSA) is 129 Å². The molecule has 0 aromatic heterocycles. The minimum absolute atomic E-state index is 0.239. The van der Waals surface area contributed by atoms with E-state index in [1.54, 1.807) is 78.9 Å². The highest BCUT2D eigenvalue weighted by molar-refractivity contribution is 6.16. The lowest BCUT2D eigenvalue weighted by atomic mass is 9.89. The van der Waals surface area contributed by atoms with Crippen LogP contribution in [0.25, 0.3) is 6.08 Å². The van der Waals surface area contributed by atoms with Gasteiger partial charge in [-0.15, -0.1) is 0 Å². The van der Waals surface area contributed by atoms with Crippen molar-refractivity contribution in [2.24, 2.45) is 0 Å². The minimum atomic E-state index is -2.93. The third-order valence-electron chi connectivity index (χ3n) is 7.72. The van der Waals surface area contributed by atoms with Crippen molar-refractivity contribution in [1.29, 1.82) is 0 Å². The highest BCUT2D eigenvalue weighted by Crippen LogP contribution is 2.32. The maximum atomic E-state index is 14.0. The molecule has 2 atom stereocenters. The summed E-state index contributed by atoms with van der Waals surface area (Å²) in [6.07, 6.45) is 0.166. The number of benzene rings is 5. The monoisotopic (exact) mass is 672 g/mol. The molecule has 5 aromatic rings. The normalized spacial score (nSPS) is 12.9. The van der Waals surface area contributed by atoms with Crippen LogP contribution in [0, 0.1) is 0 Å². The Balaban J connectivity index is 1.45. The van der Waals surface area contributed by atoms with Gasteiger partial charge < -0.3 is 29.2 Å². The van der Waals surface area contributed by atoms with Crippen molar-refractivity contribution >= 4 is 23.8 Å². The lowest BCUT2D eigenvalue weighted by Crippen LogP contribution is -2.61. The molecule has 0 aliphatic heterocycles. The molecule has 254 valence electrons. The summed E-state index contributed by atoms with van der Waals surface area (Å²) in [5.41, 5.74) is 0.537. The first-order valence-corrected chi connectivity index (χ1v) is 15.8. The number of carbonyl (C=O) groups is 3. The van der Waals surface area contributed by atoms with Gasteiger partial charge in [-0.05, 0) is 46.0 Å². The fourth-order valence-corrected chi connectivity index (χ4v) is 5.07. The number of rotatable bonds is 18. The van der Waals surface area contributed by atoms with E-state index in [4.69, 9.17) is 18.9 Å². The Labute approximate surface area is 290 Å². The summed E-state index contributed by atoms with van der Waals surface area (Å²) in [6, 6.07) is 41.4. The second kappa shape index (κ2) is 17.4. The van der Waals surface area contributed by atoms with E-state index in [0.717, 1.165) is 17.2 Å². The second-order valence-corrected chi connectivity index (χ2v) is 11.3. The molecule has 0 aliphatic rings. The van der Waals surface area contributed by atoms with E-state index >= 15 is 0 Å². The van der Waals surface area contributed by atoms with Crippen LogP contribution in [0.1, 0.15) is 27.8 Å². The van der Waals surface area contributed by atoms with E-state index in [9.17, 15) is 24.6 Å². The van der Waals surface area contributed by atoms with Gasteiger partial charge in [-0.3, -0.25) is 4.79 Å². The first-order valence-electron chi connectivity index (χ1n) is 15.8. The fraction of sp³-hybridized carbons (Fsp3) is 0.146. The molecule has 0 amide bonds. The quantitative estimate of drug-likeness (QED) is 0.0738.